The van der Waals surface area contributed by atoms with Gasteiger partial charge in [-0.05, 0) is 30.0 Å². The van der Waals surface area contributed by atoms with Gasteiger partial charge in [-0.25, -0.2) is 0 Å². The lowest BCUT2D eigenvalue weighted by molar-refractivity contribution is -0.173. The van der Waals surface area contributed by atoms with Crippen molar-refractivity contribution in [2.75, 3.05) is 26.4 Å². The maximum Gasteiger partial charge on any atom is 0.122 e. The Labute approximate surface area is 113 Å². The van der Waals surface area contributed by atoms with Crippen molar-refractivity contribution >= 4 is 0 Å². The number of aliphatic hydroxyl groups excluding tert-OH is 1. The van der Waals surface area contributed by atoms with E-state index in [1.54, 1.807) is 0 Å². The van der Waals surface area contributed by atoms with Gasteiger partial charge < -0.3 is 14.6 Å². The molecule has 0 bridgehead atoms. The van der Waals surface area contributed by atoms with Crippen molar-refractivity contribution in [2.24, 2.45) is 5.41 Å². The van der Waals surface area contributed by atoms with Crippen LogP contribution in [0, 0.1) is 5.41 Å². The molecule has 1 saturated heterocycles. The number of ether oxygens (including phenoxy) is 2. The molecule has 2 fully saturated rings. The van der Waals surface area contributed by atoms with E-state index in [-0.39, 0.29) is 17.4 Å². The molecule has 2 aliphatic heterocycles. The van der Waals surface area contributed by atoms with Crippen molar-refractivity contribution in [2.45, 2.75) is 31.1 Å². The number of hydrogen-bond donors (Lipinski definition) is 1. The molecule has 4 rings (SSSR count). The predicted octanol–water partition coefficient (Wildman–Crippen LogP) is 2.05. The molecule has 3 heteroatoms. The first-order valence-corrected chi connectivity index (χ1v) is 7.25. The summed E-state index contributed by atoms with van der Waals surface area (Å²) in [6.07, 6.45) is 4.49. The molecule has 2 heterocycles. The zero-order chi connectivity index (χ0) is 12.9. The molecule has 1 aliphatic carbocycles. The fraction of sp³-hybridized carbons (Fsp3) is 0.625. The Balaban J connectivity index is 1.76. The Morgan fingerprint density at radius 3 is 2.63 bits per heavy atom. The lowest BCUT2D eigenvalue weighted by Gasteiger charge is -2.59. The molecule has 102 valence electrons. The van der Waals surface area contributed by atoms with E-state index in [4.69, 9.17) is 9.47 Å². The third-order valence-corrected chi connectivity index (χ3v) is 5.57. The van der Waals surface area contributed by atoms with E-state index in [2.05, 4.69) is 18.2 Å². The van der Waals surface area contributed by atoms with Gasteiger partial charge in [-0.15, -0.1) is 0 Å². The van der Waals surface area contributed by atoms with Crippen LogP contribution in [0.25, 0.3) is 0 Å². The zero-order valence-electron chi connectivity index (χ0n) is 11.2. The van der Waals surface area contributed by atoms with Crippen LogP contribution in [0.2, 0.25) is 0 Å². The van der Waals surface area contributed by atoms with Crippen LogP contribution < -0.4 is 4.74 Å². The van der Waals surface area contributed by atoms with Crippen LogP contribution in [0.3, 0.4) is 0 Å². The molecule has 0 aromatic heterocycles. The van der Waals surface area contributed by atoms with Gasteiger partial charge in [0.1, 0.15) is 5.75 Å². The number of rotatable bonds is 3. The van der Waals surface area contributed by atoms with Crippen LogP contribution in [0.1, 0.15) is 30.4 Å². The summed E-state index contributed by atoms with van der Waals surface area (Å²) in [5.74, 6) is 1.03. The minimum absolute atomic E-state index is 0.0393. The maximum absolute atomic E-state index is 9.91. The van der Waals surface area contributed by atoms with Gasteiger partial charge >= 0.3 is 0 Å². The number of benzene rings is 1. The fourth-order valence-corrected chi connectivity index (χ4v) is 3.96. The van der Waals surface area contributed by atoms with Crippen LogP contribution in [0.4, 0.5) is 0 Å². The van der Waals surface area contributed by atoms with Crippen molar-refractivity contribution in [3.05, 3.63) is 29.3 Å². The molecule has 0 radical (unpaired) electrons. The average molecular weight is 260 g/mol. The van der Waals surface area contributed by atoms with Crippen LogP contribution in [0.5, 0.6) is 5.75 Å². The van der Waals surface area contributed by atoms with Crippen molar-refractivity contribution in [1.82, 2.24) is 0 Å². The molecule has 1 N–H and O–H groups in total. The highest BCUT2D eigenvalue weighted by atomic mass is 16.5. The molecule has 1 aromatic rings. The molecule has 0 atom stereocenters. The average Bonchev–Trinajstić information content (AvgIpc) is 2.78. The SMILES string of the molecule is OCC1(C2(c3ccc4c(c3)CCO4)COC2)CCC1. The molecule has 0 amide bonds. The topological polar surface area (TPSA) is 38.7 Å². The Bertz CT molecular complexity index is 495. The summed E-state index contributed by atoms with van der Waals surface area (Å²) in [7, 11) is 0. The van der Waals surface area contributed by atoms with Gasteiger partial charge in [0, 0.05) is 23.9 Å². The first-order valence-electron chi connectivity index (χ1n) is 7.25. The highest BCUT2D eigenvalue weighted by molar-refractivity contribution is 5.44. The van der Waals surface area contributed by atoms with Crippen LogP contribution >= 0.6 is 0 Å². The summed E-state index contributed by atoms with van der Waals surface area (Å²) in [5.41, 5.74) is 2.75. The lowest BCUT2D eigenvalue weighted by atomic mass is 9.50. The van der Waals surface area contributed by atoms with Gasteiger partial charge in [0.15, 0.2) is 0 Å². The van der Waals surface area contributed by atoms with E-state index in [0.717, 1.165) is 44.8 Å². The van der Waals surface area contributed by atoms with E-state index in [1.807, 2.05) is 0 Å². The van der Waals surface area contributed by atoms with E-state index >= 15 is 0 Å². The quantitative estimate of drug-likeness (QED) is 0.904. The second-order valence-corrected chi connectivity index (χ2v) is 6.29. The van der Waals surface area contributed by atoms with Crippen molar-refractivity contribution in [3.8, 4) is 5.75 Å². The number of hydrogen-bond acceptors (Lipinski definition) is 3. The fourth-order valence-electron chi connectivity index (χ4n) is 3.96. The third kappa shape index (κ3) is 1.40. The lowest BCUT2D eigenvalue weighted by Crippen LogP contribution is -2.63. The minimum atomic E-state index is 0.0393. The van der Waals surface area contributed by atoms with E-state index < -0.39 is 0 Å². The number of fused-ring (bicyclic) bond motifs is 1. The largest absolute Gasteiger partial charge is 0.493 e. The Hall–Kier alpha value is -1.06. The smallest absolute Gasteiger partial charge is 0.122 e. The first kappa shape index (κ1) is 11.7. The molecule has 0 spiro atoms. The van der Waals surface area contributed by atoms with Gasteiger partial charge in [-0.3, -0.25) is 0 Å². The molecule has 19 heavy (non-hydrogen) atoms. The van der Waals surface area contributed by atoms with Crippen LogP contribution in [0.15, 0.2) is 18.2 Å². The molecule has 1 saturated carbocycles. The van der Waals surface area contributed by atoms with Gasteiger partial charge in [0.2, 0.25) is 0 Å². The van der Waals surface area contributed by atoms with Crippen molar-refractivity contribution in [1.29, 1.82) is 0 Å². The van der Waals surface area contributed by atoms with E-state index in [1.165, 1.54) is 17.5 Å². The summed E-state index contributed by atoms with van der Waals surface area (Å²) in [6, 6.07) is 6.57. The van der Waals surface area contributed by atoms with E-state index in [9.17, 15) is 5.11 Å². The van der Waals surface area contributed by atoms with Gasteiger partial charge in [0.25, 0.3) is 0 Å². The normalized spacial score (nSPS) is 25.9. The molecule has 0 unspecified atom stereocenters. The summed E-state index contributed by atoms with van der Waals surface area (Å²) >= 11 is 0. The second-order valence-electron chi connectivity index (χ2n) is 6.29. The molecule has 3 nitrogen and oxygen atoms in total. The summed E-state index contributed by atoms with van der Waals surface area (Å²) < 4.78 is 11.1. The molecular formula is C16H20O3. The molecule has 3 aliphatic rings. The van der Waals surface area contributed by atoms with Crippen LogP contribution in [-0.2, 0) is 16.6 Å². The third-order valence-electron chi connectivity index (χ3n) is 5.57. The Kier molecular flexibility index (Phi) is 2.45. The second kappa shape index (κ2) is 3.97. The van der Waals surface area contributed by atoms with E-state index in [0.29, 0.717) is 0 Å². The monoisotopic (exact) mass is 260 g/mol. The van der Waals surface area contributed by atoms with Gasteiger partial charge in [-0.1, -0.05) is 18.6 Å². The highest BCUT2D eigenvalue weighted by Gasteiger charge is 2.59. The first-order chi connectivity index (χ1) is 9.30. The Morgan fingerprint density at radius 2 is 2.05 bits per heavy atom. The number of aliphatic hydroxyl groups is 1. The standard InChI is InChI=1S/C16H20O3/c17-9-15(5-1-6-15)16(10-18-11-16)13-2-3-14-12(8-13)4-7-19-14/h2-3,8,17H,1,4-7,9-11H2. The van der Waals surface area contributed by atoms with Crippen molar-refractivity contribution in [3.63, 3.8) is 0 Å². The zero-order valence-corrected chi connectivity index (χ0v) is 11.2. The van der Waals surface area contributed by atoms with Crippen LogP contribution in [-0.4, -0.2) is 31.5 Å². The maximum atomic E-state index is 9.91. The molecular weight excluding hydrogens is 240 g/mol. The summed E-state index contributed by atoms with van der Waals surface area (Å²) in [4.78, 5) is 0. The summed E-state index contributed by atoms with van der Waals surface area (Å²) in [5, 5.41) is 9.91. The Morgan fingerprint density at radius 1 is 1.21 bits per heavy atom. The van der Waals surface area contributed by atoms with Crippen molar-refractivity contribution < 1.29 is 14.6 Å². The van der Waals surface area contributed by atoms with Gasteiger partial charge in [-0.2, -0.15) is 0 Å². The summed E-state index contributed by atoms with van der Waals surface area (Å²) in [6.45, 7) is 2.60. The van der Waals surface area contributed by atoms with Gasteiger partial charge in [0.05, 0.1) is 19.8 Å². The predicted molar refractivity (Wildman–Crippen MR) is 71.5 cm³/mol. The minimum Gasteiger partial charge on any atom is -0.493 e. The highest BCUT2D eigenvalue weighted by Crippen LogP contribution is 2.58. The molecule has 1 aromatic carbocycles.